The molecule has 1 fully saturated rings. The second kappa shape index (κ2) is 9.98. The van der Waals surface area contributed by atoms with Crippen LogP contribution in [0, 0.1) is 12.3 Å². The van der Waals surface area contributed by atoms with E-state index in [9.17, 15) is 4.79 Å². The van der Waals surface area contributed by atoms with Crippen molar-refractivity contribution in [2.75, 3.05) is 32.8 Å². The number of aryl methyl sites for hydroxylation is 1. The van der Waals surface area contributed by atoms with Crippen molar-refractivity contribution in [2.45, 2.75) is 20.4 Å². The maximum Gasteiger partial charge on any atom is 0.300 e. The Morgan fingerprint density at radius 1 is 1.31 bits per heavy atom. The fourth-order valence-electron chi connectivity index (χ4n) is 3.57. The third kappa shape index (κ3) is 5.01. The van der Waals surface area contributed by atoms with Crippen molar-refractivity contribution in [3.8, 4) is 0 Å². The summed E-state index contributed by atoms with van der Waals surface area (Å²) in [5.74, 6) is -0.833. The highest BCUT2D eigenvalue weighted by molar-refractivity contribution is 7.80. The van der Waals surface area contributed by atoms with Crippen molar-refractivity contribution >= 4 is 39.9 Å². The molecule has 0 spiro atoms. The first-order valence-electron chi connectivity index (χ1n) is 10.1. The van der Waals surface area contributed by atoms with Gasteiger partial charge in [-0.2, -0.15) is 0 Å². The van der Waals surface area contributed by atoms with Gasteiger partial charge in [-0.3, -0.25) is 24.3 Å². The third-order valence-corrected chi connectivity index (χ3v) is 5.36. The highest BCUT2D eigenvalue weighted by Gasteiger charge is 2.17. The maximum atomic E-state index is 13.1. The summed E-state index contributed by atoms with van der Waals surface area (Å²) in [7, 11) is 0. The van der Waals surface area contributed by atoms with Crippen molar-refractivity contribution in [3.05, 3.63) is 51.4 Å². The molecule has 1 aliphatic heterocycles. The molecule has 0 radical (unpaired) electrons. The summed E-state index contributed by atoms with van der Waals surface area (Å²) in [5, 5.41) is 16.4. The molecule has 4 N–H and O–H groups in total. The first-order chi connectivity index (χ1) is 15.2. The Labute approximate surface area is 189 Å². The summed E-state index contributed by atoms with van der Waals surface area (Å²) in [5.41, 5.74) is 8.18. The standard InChI is InChI=1S/C19H22N6O2S.C2H4O2/c1-12-3-2-4-25-17(12)22-18-14(19(25)26)11-13(16(21)28)15(20)24(18)6-5-23-7-9-27-10-8-23;1-2(3)4/h2-4,11,20H,5-10H2,1H3,(H2,21,28);1H3,(H,3,4). The second-order valence-corrected chi connectivity index (χ2v) is 7.87. The number of carboxylic acids is 1. The lowest BCUT2D eigenvalue weighted by Gasteiger charge is -2.27. The fraction of sp³-hybridized carbons (Fsp3) is 0.381. The van der Waals surface area contributed by atoms with Gasteiger partial charge in [0.05, 0.1) is 24.2 Å². The van der Waals surface area contributed by atoms with Crippen molar-refractivity contribution in [1.29, 1.82) is 5.41 Å². The molecule has 1 saturated heterocycles. The average Bonchev–Trinajstić information content (AvgIpc) is 2.74. The minimum absolute atomic E-state index is 0.0979. The zero-order valence-corrected chi connectivity index (χ0v) is 18.8. The van der Waals surface area contributed by atoms with Gasteiger partial charge in [0.2, 0.25) is 0 Å². The van der Waals surface area contributed by atoms with E-state index in [4.69, 9.17) is 43.0 Å². The monoisotopic (exact) mass is 458 g/mol. The summed E-state index contributed by atoms with van der Waals surface area (Å²) < 4.78 is 8.67. The summed E-state index contributed by atoms with van der Waals surface area (Å²) in [6, 6.07) is 5.32. The van der Waals surface area contributed by atoms with E-state index in [0.717, 1.165) is 32.1 Å². The van der Waals surface area contributed by atoms with Gasteiger partial charge >= 0.3 is 0 Å². The number of morpholine rings is 1. The first kappa shape index (κ1) is 23.5. The molecule has 0 aromatic carbocycles. The zero-order chi connectivity index (χ0) is 23.4. The van der Waals surface area contributed by atoms with Crippen LogP contribution in [0.1, 0.15) is 18.1 Å². The Balaban J connectivity index is 0.000000668. The number of pyridine rings is 2. The van der Waals surface area contributed by atoms with Gasteiger partial charge in [-0.1, -0.05) is 18.3 Å². The number of hydrogen-bond donors (Lipinski definition) is 3. The molecule has 0 saturated carbocycles. The summed E-state index contributed by atoms with van der Waals surface area (Å²) in [6.45, 7) is 7.34. The number of nitrogens with zero attached hydrogens (tertiary/aromatic N) is 4. The molecule has 3 aromatic rings. The average molecular weight is 459 g/mol. The number of aliphatic carboxylic acids is 1. The molecule has 1 aliphatic rings. The van der Waals surface area contributed by atoms with Crippen LogP contribution in [0.5, 0.6) is 0 Å². The number of aromatic nitrogens is 3. The predicted octanol–water partition coefficient (Wildman–Crippen LogP) is 0.494. The van der Waals surface area contributed by atoms with Crippen LogP contribution >= 0.6 is 12.2 Å². The van der Waals surface area contributed by atoms with E-state index in [-0.39, 0.29) is 16.0 Å². The smallest absolute Gasteiger partial charge is 0.300 e. The van der Waals surface area contributed by atoms with E-state index in [1.165, 1.54) is 4.40 Å². The molecule has 4 rings (SSSR count). The Kier molecular flexibility index (Phi) is 7.33. The van der Waals surface area contributed by atoms with Gasteiger partial charge in [-0.05, 0) is 24.6 Å². The van der Waals surface area contributed by atoms with Crippen LogP contribution in [0.4, 0.5) is 0 Å². The quantitative estimate of drug-likeness (QED) is 0.379. The SMILES string of the molecule is CC(=O)O.Cc1cccn2c(=O)c3cc(C(N)=S)c(=N)n(CCN4CCOCC4)c3nc12. The molecule has 10 nitrogen and oxygen atoms in total. The molecule has 0 atom stereocenters. The van der Waals surface area contributed by atoms with Gasteiger partial charge in [0.25, 0.3) is 11.5 Å². The number of carbonyl (C=O) groups is 1. The molecule has 3 aromatic heterocycles. The first-order valence-corrected chi connectivity index (χ1v) is 10.5. The Morgan fingerprint density at radius 2 is 1.97 bits per heavy atom. The van der Waals surface area contributed by atoms with Crippen LogP contribution in [0.15, 0.2) is 29.2 Å². The number of nitrogens with two attached hydrogens (primary N) is 1. The number of carboxylic acid groups (broad SMARTS) is 1. The Bertz CT molecular complexity index is 1290. The van der Waals surface area contributed by atoms with E-state index < -0.39 is 5.97 Å². The van der Waals surface area contributed by atoms with E-state index in [1.54, 1.807) is 16.8 Å². The normalized spacial score (nSPS) is 14.2. The van der Waals surface area contributed by atoms with Crippen LogP contribution in [-0.4, -0.2) is 67.8 Å². The van der Waals surface area contributed by atoms with Crippen molar-refractivity contribution < 1.29 is 14.6 Å². The minimum Gasteiger partial charge on any atom is -0.481 e. The molecule has 0 amide bonds. The molecular formula is C21H26N6O4S. The lowest BCUT2D eigenvalue weighted by atomic mass is 10.2. The fourth-order valence-corrected chi connectivity index (χ4v) is 3.72. The van der Waals surface area contributed by atoms with Crippen LogP contribution in [-0.2, 0) is 16.1 Å². The number of ether oxygens (including phenoxy) is 1. The van der Waals surface area contributed by atoms with Gasteiger partial charge in [0.15, 0.2) is 0 Å². The van der Waals surface area contributed by atoms with Gasteiger partial charge < -0.3 is 20.1 Å². The van der Waals surface area contributed by atoms with Gasteiger partial charge in [0, 0.05) is 39.3 Å². The molecular weight excluding hydrogens is 432 g/mol. The number of thiocarbonyl (C=S) groups is 1. The number of nitrogens with one attached hydrogen (secondary N) is 1. The summed E-state index contributed by atoms with van der Waals surface area (Å²) >= 11 is 5.13. The van der Waals surface area contributed by atoms with Crippen molar-refractivity contribution in [3.63, 3.8) is 0 Å². The summed E-state index contributed by atoms with van der Waals surface area (Å²) in [6.07, 6.45) is 1.70. The maximum absolute atomic E-state index is 13.1. The second-order valence-electron chi connectivity index (χ2n) is 7.43. The Hall–Kier alpha value is -3.15. The van der Waals surface area contributed by atoms with Crippen molar-refractivity contribution in [2.24, 2.45) is 5.73 Å². The van der Waals surface area contributed by atoms with Crippen LogP contribution in [0.3, 0.4) is 0 Å². The lowest BCUT2D eigenvalue weighted by molar-refractivity contribution is -0.134. The number of fused-ring (bicyclic) bond motifs is 2. The zero-order valence-electron chi connectivity index (χ0n) is 18.0. The molecule has 170 valence electrons. The van der Waals surface area contributed by atoms with Crippen molar-refractivity contribution in [1.82, 2.24) is 18.9 Å². The molecule has 0 bridgehead atoms. The summed E-state index contributed by atoms with van der Waals surface area (Å²) in [4.78, 5) is 29.2. The highest BCUT2D eigenvalue weighted by atomic mass is 32.1. The van der Waals surface area contributed by atoms with Crippen LogP contribution in [0.2, 0.25) is 0 Å². The topological polar surface area (TPSA) is 139 Å². The molecule has 11 heteroatoms. The van der Waals surface area contributed by atoms with Gasteiger partial charge in [-0.15, -0.1) is 0 Å². The largest absolute Gasteiger partial charge is 0.481 e. The third-order valence-electron chi connectivity index (χ3n) is 5.14. The van der Waals surface area contributed by atoms with E-state index in [0.29, 0.717) is 42.0 Å². The van der Waals surface area contributed by atoms with Crippen LogP contribution in [0.25, 0.3) is 16.7 Å². The van der Waals surface area contributed by atoms with Gasteiger partial charge in [-0.25, -0.2) is 4.98 Å². The number of rotatable bonds is 4. The molecule has 0 aliphatic carbocycles. The van der Waals surface area contributed by atoms with E-state index in [2.05, 4.69) is 4.90 Å². The Morgan fingerprint density at radius 3 is 2.59 bits per heavy atom. The van der Waals surface area contributed by atoms with Crippen LogP contribution < -0.4 is 16.8 Å². The highest BCUT2D eigenvalue weighted by Crippen LogP contribution is 2.13. The number of hydrogen-bond acceptors (Lipinski definition) is 7. The van der Waals surface area contributed by atoms with Gasteiger partial charge in [0.1, 0.15) is 21.8 Å². The molecule has 32 heavy (non-hydrogen) atoms. The molecule has 4 heterocycles. The predicted molar refractivity (Wildman–Crippen MR) is 124 cm³/mol. The van der Waals surface area contributed by atoms with E-state index in [1.807, 2.05) is 19.1 Å². The lowest BCUT2D eigenvalue weighted by Crippen LogP contribution is -2.40. The minimum atomic E-state index is -0.833. The molecule has 0 unspecified atom stereocenters. The van der Waals surface area contributed by atoms with E-state index >= 15 is 0 Å².